The Morgan fingerprint density at radius 1 is 0.688 bits per heavy atom. The number of aryl methyl sites for hydroxylation is 1. The van der Waals surface area contributed by atoms with E-state index < -0.39 is 7.60 Å². The molecule has 32 heavy (non-hydrogen) atoms. The van der Waals surface area contributed by atoms with Gasteiger partial charge in [0.25, 0.3) is 0 Å². The number of hydrogen-bond acceptors (Lipinski definition) is 3. The van der Waals surface area contributed by atoms with E-state index in [1.165, 1.54) is 0 Å². The van der Waals surface area contributed by atoms with E-state index in [0.29, 0.717) is 11.1 Å². The summed E-state index contributed by atoms with van der Waals surface area (Å²) in [5.41, 5.74) is 2.14. The predicted molar refractivity (Wildman–Crippen MR) is 130 cm³/mol. The van der Waals surface area contributed by atoms with Crippen molar-refractivity contribution >= 4 is 34.4 Å². The van der Waals surface area contributed by atoms with Gasteiger partial charge < -0.3 is 14.5 Å². The van der Waals surface area contributed by atoms with E-state index in [1.807, 2.05) is 67.6 Å². The average Bonchev–Trinajstić information content (AvgIpc) is 2.80. The van der Waals surface area contributed by atoms with Crippen molar-refractivity contribution < 1.29 is 19.1 Å². The lowest BCUT2D eigenvalue weighted by molar-refractivity contribution is 0.394. The first-order valence-electron chi connectivity index (χ1n) is 10.3. The van der Waals surface area contributed by atoms with Gasteiger partial charge in [0.05, 0.1) is 5.30 Å². The van der Waals surface area contributed by atoms with Crippen LogP contribution in [0.5, 0.6) is 11.5 Å². The van der Waals surface area contributed by atoms with E-state index in [2.05, 4.69) is 0 Å². The fraction of sp³-hybridized carbons (Fsp3) is 0.0370. The zero-order valence-electron chi connectivity index (χ0n) is 17.4. The van der Waals surface area contributed by atoms with Crippen molar-refractivity contribution in [3.8, 4) is 22.6 Å². The molecule has 0 aliphatic rings. The number of fused-ring (bicyclic) bond motifs is 2. The van der Waals surface area contributed by atoms with E-state index in [-0.39, 0.29) is 16.8 Å². The van der Waals surface area contributed by atoms with Gasteiger partial charge in [0, 0.05) is 11.1 Å². The normalized spacial score (nSPS) is 13.2. The van der Waals surface area contributed by atoms with Gasteiger partial charge in [0.15, 0.2) is 0 Å². The molecule has 0 heterocycles. The predicted octanol–water partition coefficient (Wildman–Crippen LogP) is 6.56. The van der Waals surface area contributed by atoms with Gasteiger partial charge in [-0.3, -0.25) is 0 Å². The molecule has 1 atom stereocenters. The summed E-state index contributed by atoms with van der Waals surface area (Å²) in [6.45, 7) is 1.91. The fourth-order valence-corrected chi connectivity index (χ4v) is 5.08. The summed E-state index contributed by atoms with van der Waals surface area (Å²) in [4.78, 5) is 10.8. The van der Waals surface area contributed by atoms with Gasteiger partial charge >= 0.3 is 7.60 Å². The van der Waals surface area contributed by atoms with Crippen molar-refractivity contribution in [3.05, 3.63) is 103 Å². The molecule has 0 fully saturated rings. The van der Waals surface area contributed by atoms with Crippen LogP contribution in [0.4, 0.5) is 0 Å². The molecule has 5 heteroatoms. The van der Waals surface area contributed by atoms with Crippen molar-refractivity contribution in [3.63, 3.8) is 0 Å². The summed E-state index contributed by atoms with van der Waals surface area (Å²) in [7, 11) is -4.17. The van der Waals surface area contributed by atoms with Crippen LogP contribution < -0.4 is 9.83 Å². The Balaban J connectivity index is 1.78. The molecular weight excluding hydrogens is 419 g/mol. The number of phenolic OH excluding ortho intramolecular Hbond substituents is 1. The lowest BCUT2D eigenvalue weighted by Gasteiger charge is -2.20. The summed E-state index contributed by atoms with van der Waals surface area (Å²) < 4.78 is 19.1. The van der Waals surface area contributed by atoms with Crippen molar-refractivity contribution in [2.45, 2.75) is 6.92 Å². The molecular formula is C27H21O4P. The van der Waals surface area contributed by atoms with Gasteiger partial charge in [-0.1, -0.05) is 78.4 Å². The van der Waals surface area contributed by atoms with Crippen molar-refractivity contribution in [2.24, 2.45) is 0 Å². The molecule has 4 nitrogen and oxygen atoms in total. The topological polar surface area (TPSA) is 66.8 Å². The van der Waals surface area contributed by atoms with Crippen molar-refractivity contribution in [1.29, 1.82) is 0 Å². The first-order chi connectivity index (χ1) is 15.4. The Hall–Kier alpha value is -3.59. The van der Waals surface area contributed by atoms with Gasteiger partial charge in [-0.05, 0) is 52.7 Å². The number of aromatic hydroxyl groups is 1. The standard InChI is InChI=1S/C27H21O4P/c1-18-10-14-21(15-11-18)32(29,30)31-25-17-13-20-7-3-5-9-23(20)27(25)26-22-8-4-2-6-19(22)12-16-24(26)28/h2-17,28H,1H3,(H,29,30). The summed E-state index contributed by atoms with van der Waals surface area (Å²) >= 11 is 0. The zero-order valence-corrected chi connectivity index (χ0v) is 18.3. The maximum Gasteiger partial charge on any atom is 0.408 e. The highest BCUT2D eigenvalue weighted by Gasteiger charge is 2.27. The van der Waals surface area contributed by atoms with Crippen molar-refractivity contribution in [2.75, 3.05) is 0 Å². The third-order valence-corrected chi connectivity index (χ3v) is 7.03. The molecule has 0 aromatic heterocycles. The van der Waals surface area contributed by atoms with E-state index >= 15 is 0 Å². The minimum absolute atomic E-state index is 0.0769. The van der Waals surface area contributed by atoms with Gasteiger partial charge in [0.1, 0.15) is 11.5 Å². The highest BCUT2D eigenvalue weighted by Crippen LogP contribution is 2.50. The minimum atomic E-state index is -4.17. The number of benzene rings is 5. The van der Waals surface area contributed by atoms with E-state index in [0.717, 1.165) is 27.1 Å². The molecule has 5 aromatic rings. The second-order valence-electron chi connectivity index (χ2n) is 7.79. The van der Waals surface area contributed by atoms with Crippen LogP contribution in [-0.2, 0) is 4.57 Å². The Morgan fingerprint density at radius 3 is 1.91 bits per heavy atom. The van der Waals surface area contributed by atoms with Gasteiger partial charge in [-0.25, -0.2) is 4.57 Å². The largest absolute Gasteiger partial charge is 0.507 e. The number of phenols is 1. The zero-order chi connectivity index (χ0) is 22.3. The molecule has 1 unspecified atom stereocenters. The number of hydrogen-bond donors (Lipinski definition) is 2. The molecule has 5 aromatic carbocycles. The first-order valence-corrected chi connectivity index (χ1v) is 11.8. The third kappa shape index (κ3) is 3.54. The average molecular weight is 440 g/mol. The fourth-order valence-electron chi connectivity index (χ4n) is 4.03. The van der Waals surface area contributed by atoms with Crippen LogP contribution in [-0.4, -0.2) is 10.00 Å². The van der Waals surface area contributed by atoms with Gasteiger partial charge in [-0.2, -0.15) is 0 Å². The van der Waals surface area contributed by atoms with Crippen LogP contribution in [0.3, 0.4) is 0 Å². The molecule has 2 N–H and O–H groups in total. The van der Waals surface area contributed by atoms with Crippen LogP contribution in [0, 0.1) is 6.92 Å². The highest BCUT2D eigenvalue weighted by molar-refractivity contribution is 7.61. The van der Waals surface area contributed by atoms with Gasteiger partial charge in [-0.15, -0.1) is 0 Å². The van der Waals surface area contributed by atoms with Crippen LogP contribution in [0.15, 0.2) is 97.1 Å². The highest BCUT2D eigenvalue weighted by atomic mass is 31.2. The molecule has 0 saturated carbocycles. The second-order valence-corrected chi connectivity index (χ2v) is 9.53. The maximum atomic E-state index is 13.2. The third-order valence-electron chi connectivity index (χ3n) is 5.63. The van der Waals surface area contributed by atoms with Crippen molar-refractivity contribution in [1.82, 2.24) is 0 Å². The van der Waals surface area contributed by atoms with E-state index in [9.17, 15) is 14.6 Å². The van der Waals surface area contributed by atoms with Crippen LogP contribution in [0.25, 0.3) is 32.7 Å². The SMILES string of the molecule is Cc1ccc(P(=O)(O)Oc2ccc3ccccc3c2-c2c(O)ccc3ccccc23)cc1. The Bertz CT molecular complexity index is 1510. The van der Waals surface area contributed by atoms with E-state index in [4.69, 9.17) is 4.52 Å². The smallest absolute Gasteiger partial charge is 0.408 e. The molecule has 0 radical (unpaired) electrons. The summed E-state index contributed by atoms with van der Waals surface area (Å²) in [5, 5.41) is 14.7. The molecule has 0 aliphatic carbocycles. The lowest BCUT2D eigenvalue weighted by atomic mass is 9.92. The quantitative estimate of drug-likeness (QED) is 0.311. The molecule has 0 aliphatic heterocycles. The molecule has 0 spiro atoms. The van der Waals surface area contributed by atoms with Gasteiger partial charge in [0.2, 0.25) is 0 Å². The molecule has 0 saturated heterocycles. The Morgan fingerprint density at radius 2 is 1.25 bits per heavy atom. The van der Waals surface area contributed by atoms with Crippen LogP contribution in [0.1, 0.15) is 5.56 Å². The van der Waals surface area contributed by atoms with Crippen LogP contribution in [0.2, 0.25) is 0 Å². The number of rotatable bonds is 4. The molecule has 158 valence electrons. The summed E-state index contributed by atoms with van der Waals surface area (Å²) in [6.07, 6.45) is 0. The maximum absolute atomic E-state index is 13.2. The lowest BCUT2D eigenvalue weighted by Crippen LogP contribution is -2.09. The molecule has 5 rings (SSSR count). The minimum Gasteiger partial charge on any atom is -0.507 e. The monoisotopic (exact) mass is 440 g/mol. The molecule has 0 bridgehead atoms. The first kappa shape index (κ1) is 20.3. The van der Waals surface area contributed by atoms with Crippen LogP contribution >= 0.6 is 7.60 Å². The Kier molecular flexibility index (Phi) is 4.97. The second kappa shape index (κ2) is 7.83. The molecule has 0 amide bonds. The summed E-state index contributed by atoms with van der Waals surface area (Å²) in [5.74, 6) is 0.315. The Labute approximate surface area is 185 Å². The van der Waals surface area contributed by atoms with E-state index in [1.54, 1.807) is 36.4 Å². The summed E-state index contributed by atoms with van der Waals surface area (Å²) in [6, 6.07) is 29.2.